The van der Waals surface area contributed by atoms with Crippen molar-refractivity contribution in [3.63, 3.8) is 0 Å². The van der Waals surface area contributed by atoms with Crippen molar-refractivity contribution < 1.29 is 9.59 Å². The van der Waals surface area contributed by atoms with E-state index in [1.54, 1.807) is 24.3 Å². The van der Waals surface area contributed by atoms with Crippen molar-refractivity contribution in [2.24, 2.45) is 11.8 Å². The van der Waals surface area contributed by atoms with E-state index >= 15 is 0 Å². The predicted molar refractivity (Wildman–Crippen MR) is 95.0 cm³/mol. The zero-order valence-electron chi connectivity index (χ0n) is 14.0. The van der Waals surface area contributed by atoms with Crippen LogP contribution in [0.5, 0.6) is 0 Å². The molecule has 2 fully saturated rings. The monoisotopic (exact) mass is 348 g/mol. The van der Waals surface area contributed by atoms with E-state index in [-0.39, 0.29) is 17.7 Å². The fourth-order valence-corrected chi connectivity index (χ4v) is 3.85. The second-order valence-corrected chi connectivity index (χ2v) is 7.41. The molecule has 4 nitrogen and oxygen atoms in total. The summed E-state index contributed by atoms with van der Waals surface area (Å²) >= 11 is 5.86. The lowest BCUT2D eigenvalue weighted by atomic mass is 9.95. The van der Waals surface area contributed by atoms with Gasteiger partial charge in [-0.2, -0.15) is 0 Å². The summed E-state index contributed by atoms with van der Waals surface area (Å²) in [7, 11) is 0. The van der Waals surface area contributed by atoms with Gasteiger partial charge in [-0.25, -0.2) is 0 Å². The Kier molecular flexibility index (Phi) is 5.77. The molecule has 1 saturated carbocycles. The highest BCUT2D eigenvalue weighted by Gasteiger charge is 2.28. The van der Waals surface area contributed by atoms with E-state index in [2.05, 4.69) is 5.32 Å². The van der Waals surface area contributed by atoms with Gasteiger partial charge in [0, 0.05) is 36.1 Å². The van der Waals surface area contributed by atoms with Gasteiger partial charge in [-0.3, -0.25) is 9.59 Å². The van der Waals surface area contributed by atoms with Gasteiger partial charge in [-0.15, -0.1) is 0 Å². The van der Waals surface area contributed by atoms with Crippen LogP contribution in [0.4, 0.5) is 0 Å². The Hall–Kier alpha value is -1.55. The Bertz CT molecular complexity index is 574. The maximum atomic E-state index is 12.5. The molecule has 2 aliphatic rings. The molecule has 1 aliphatic heterocycles. The SMILES string of the molecule is O=C(NCC1CCCC1)C1CCN(C(=O)c2ccc(Cl)cc2)CC1. The van der Waals surface area contributed by atoms with Gasteiger partial charge >= 0.3 is 0 Å². The normalized spacial score (nSPS) is 19.5. The Morgan fingerprint density at radius 3 is 2.29 bits per heavy atom. The number of carbonyl (C=O) groups excluding carboxylic acids is 2. The summed E-state index contributed by atoms with van der Waals surface area (Å²) in [6.45, 7) is 2.11. The summed E-state index contributed by atoms with van der Waals surface area (Å²) < 4.78 is 0. The van der Waals surface area contributed by atoms with Crippen molar-refractivity contribution in [3.05, 3.63) is 34.9 Å². The van der Waals surface area contributed by atoms with Crippen molar-refractivity contribution in [2.75, 3.05) is 19.6 Å². The minimum absolute atomic E-state index is 0.0245. The Morgan fingerprint density at radius 1 is 1.04 bits per heavy atom. The van der Waals surface area contributed by atoms with Gasteiger partial charge < -0.3 is 10.2 Å². The summed E-state index contributed by atoms with van der Waals surface area (Å²) in [6, 6.07) is 6.98. The van der Waals surface area contributed by atoms with Crippen molar-refractivity contribution >= 4 is 23.4 Å². The lowest BCUT2D eigenvalue weighted by molar-refractivity contribution is -0.126. The van der Waals surface area contributed by atoms with Crippen LogP contribution in [0.3, 0.4) is 0 Å². The van der Waals surface area contributed by atoms with Crippen LogP contribution in [-0.4, -0.2) is 36.3 Å². The standard InChI is InChI=1S/C19H25ClN2O2/c20-17-7-5-16(6-8-17)19(24)22-11-9-15(10-12-22)18(23)21-13-14-3-1-2-4-14/h5-8,14-15H,1-4,9-13H2,(H,21,23). The number of nitrogens with zero attached hydrogens (tertiary/aromatic N) is 1. The number of hydrogen-bond donors (Lipinski definition) is 1. The molecule has 0 unspecified atom stereocenters. The Labute approximate surface area is 148 Å². The molecule has 0 aromatic heterocycles. The summed E-state index contributed by atoms with van der Waals surface area (Å²) in [5.41, 5.74) is 0.656. The first-order valence-corrected chi connectivity index (χ1v) is 9.34. The number of amides is 2. The molecule has 1 heterocycles. The van der Waals surface area contributed by atoms with Gasteiger partial charge in [0.05, 0.1) is 0 Å². The molecule has 0 bridgehead atoms. The third-order valence-electron chi connectivity index (χ3n) is 5.28. The van der Waals surface area contributed by atoms with Crippen LogP contribution in [0.15, 0.2) is 24.3 Å². The third-order valence-corrected chi connectivity index (χ3v) is 5.54. The van der Waals surface area contributed by atoms with Gasteiger partial charge in [0.15, 0.2) is 0 Å². The second kappa shape index (κ2) is 8.02. The molecule has 2 amide bonds. The minimum atomic E-state index is 0.0245. The molecule has 130 valence electrons. The van der Waals surface area contributed by atoms with Crippen LogP contribution in [-0.2, 0) is 4.79 Å². The average Bonchev–Trinajstić information content (AvgIpc) is 3.13. The zero-order chi connectivity index (χ0) is 16.9. The van der Waals surface area contributed by atoms with Crippen LogP contribution in [0.1, 0.15) is 48.9 Å². The number of carbonyl (C=O) groups is 2. The van der Waals surface area contributed by atoms with Crippen LogP contribution >= 0.6 is 11.6 Å². The Morgan fingerprint density at radius 2 is 1.67 bits per heavy atom. The van der Waals surface area contributed by atoms with Gasteiger partial charge in [0.25, 0.3) is 5.91 Å². The van der Waals surface area contributed by atoms with E-state index in [1.807, 2.05) is 4.90 Å². The van der Waals surface area contributed by atoms with Gasteiger partial charge in [0.1, 0.15) is 0 Å². The molecule has 1 N–H and O–H groups in total. The average molecular weight is 349 g/mol. The smallest absolute Gasteiger partial charge is 0.253 e. The molecule has 0 spiro atoms. The number of piperidine rings is 1. The molecule has 3 rings (SSSR count). The molecule has 0 radical (unpaired) electrons. The van der Waals surface area contributed by atoms with Gasteiger partial charge in [-0.05, 0) is 55.9 Å². The van der Waals surface area contributed by atoms with E-state index in [0.717, 1.165) is 19.4 Å². The van der Waals surface area contributed by atoms with Gasteiger partial charge in [0.2, 0.25) is 5.91 Å². The number of likely N-dealkylation sites (tertiary alicyclic amines) is 1. The molecular formula is C19H25ClN2O2. The Balaban J connectivity index is 1.45. The van der Waals surface area contributed by atoms with Crippen LogP contribution in [0.2, 0.25) is 5.02 Å². The molecule has 5 heteroatoms. The summed E-state index contributed by atoms with van der Waals surface area (Å²) in [5.74, 6) is 0.901. The molecule has 0 atom stereocenters. The van der Waals surface area contributed by atoms with Crippen molar-refractivity contribution in [1.82, 2.24) is 10.2 Å². The largest absolute Gasteiger partial charge is 0.356 e. The van der Waals surface area contributed by atoms with Crippen LogP contribution in [0.25, 0.3) is 0 Å². The highest BCUT2D eigenvalue weighted by Crippen LogP contribution is 2.24. The number of rotatable bonds is 4. The maximum Gasteiger partial charge on any atom is 0.253 e. The van der Waals surface area contributed by atoms with E-state index in [1.165, 1.54) is 25.7 Å². The first kappa shape index (κ1) is 17.3. The quantitative estimate of drug-likeness (QED) is 0.905. The van der Waals surface area contributed by atoms with E-state index in [9.17, 15) is 9.59 Å². The second-order valence-electron chi connectivity index (χ2n) is 6.97. The van der Waals surface area contributed by atoms with Crippen molar-refractivity contribution in [3.8, 4) is 0 Å². The molecule has 1 aromatic carbocycles. The lowest BCUT2D eigenvalue weighted by Crippen LogP contribution is -2.43. The molecule has 1 saturated heterocycles. The van der Waals surface area contributed by atoms with Crippen molar-refractivity contribution in [2.45, 2.75) is 38.5 Å². The van der Waals surface area contributed by atoms with E-state index in [0.29, 0.717) is 29.6 Å². The van der Waals surface area contributed by atoms with Crippen LogP contribution in [0, 0.1) is 11.8 Å². The number of hydrogen-bond acceptors (Lipinski definition) is 2. The summed E-state index contributed by atoms with van der Waals surface area (Å²) in [5, 5.41) is 3.75. The van der Waals surface area contributed by atoms with E-state index < -0.39 is 0 Å². The third kappa shape index (κ3) is 4.29. The van der Waals surface area contributed by atoms with E-state index in [4.69, 9.17) is 11.6 Å². The highest BCUT2D eigenvalue weighted by molar-refractivity contribution is 6.30. The zero-order valence-corrected chi connectivity index (χ0v) is 14.7. The molecule has 1 aliphatic carbocycles. The minimum Gasteiger partial charge on any atom is -0.356 e. The molecule has 24 heavy (non-hydrogen) atoms. The fraction of sp³-hybridized carbons (Fsp3) is 0.579. The lowest BCUT2D eigenvalue weighted by Gasteiger charge is -2.31. The molecule has 1 aromatic rings. The number of nitrogens with one attached hydrogen (secondary N) is 1. The van der Waals surface area contributed by atoms with Gasteiger partial charge in [-0.1, -0.05) is 24.4 Å². The fourth-order valence-electron chi connectivity index (χ4n) is 3.72. The van der Waals surface area contributed by atoms with Crippen molar-refractivity contribution in [1.29, 1.82) is 0 Å². The predicted octanol–water partition coefficient (Wildman–Crippen LogP) is 3.50. The first-order valence-electron chi connectivity index (χ1n) is 8.96. The van der Waals surface area contributed by atoms with Crippen LogP contribution < -0.4 is 5.32 Å². The number of benzene rings is 1. The maximum absolute atomic E-state index is 12.5. The summed E-state index contributed by atoms with van der Waals surface area (Å²) in [4.78, 5) is 26.6. The number of halogens is 1. The first-order chi connectivity index (χ1) is 11.6. The summed E-state index contributed by atoms with van der Waals surface area (Å²) in [6.07, 6.45) is 6.58. The topological polar surface area (TPSA) is 49.4 Å². The highest BCUT2D eigenvalue weighted by atomic mass is 35.5. The molecular weight excluding hydrogens is 324 g/mol.